The minimum atomic E-state index is 0.858. The summed E-state index contributed by atoms with van der Waals surface area (Å²) >= 11 is 0. The number of nitrogens with zero attached hydrogens (tertiary/aromatic N) is 2. The molecule has 0 saturated heterocycles. The third-order valence-electron chi connectivity index (χ3n) is 1.59. The maximum atomic E-state index is 4.06. The molecule has 0 spiro atoms. The SMILES string of the molecule is CCC.CNc1ncnc2[nH]ccc12. The highest BCUT2D eigenvalue weighted by Gasteiger charge is 1.99. The number of H-pyrrole nitrogens is 1. The minimum absolute atomic E-state index is 0.858. The second-order valence-corrected chi connectivity index (χ2v) is 2.92. The summed E-state index contributed by atoms with van der Waals surface area (Å²) in [6, 6.07) is 1.95. The van der Waals surface area contributed by atoms with Crippen molar-refractivity contribution in [1.82, 2.24) is 15.0 Å². The van der Waals surface area contributed by atoms with E-state index in [1.165, 1.54) is 12.7 Å². The Kier molecular flexibility index (Phi) is 3.91. The molecule has 0 aliphatic rings. The van der Waals surface area contributed by atoms with E-state index in [0.717, 1.165) is 16.9 Å². The third-order valence-corrected chi connectivity index (χ3v) is 1.59. The Balaban J connectivity index is 0.000000293. The number of aromatic nitrogens is 3. The molecule has 0 unspecified atom stereocenters. The first-order valence-corrected chi connectivity index (χ1v) is 4.79. The van der Waals surface area contributed by atoms with Crippen molar-refractivity contribution in [2.24, 2.45) is 0 Å². The number of aromatic amines is 1. The van der Waals surface area contributed by atoms with Gasteiger partial charge in [0, 0.05) is 13.2 Å². The first kappa shape index (κ1) is 10.5. The zero-order valence-electron chi connectivity index (χ0n) is 8.83. The molecule has 2 N–H and O–H groups in total. The topological polar surface area (TPSA) is 53.6 Å². The molecule has 4 heteroatoms. The lowest BCUT2D eigenvalue weighted by Gasteiger charge is -1.97. The summed E-state index contributed by atoms with van der Waals surface area (Å²) in [5, 5.41) is 4.01. The second-order valence-electron chi connectivity index (χ2n) is 2.92. The van der Waals surface area contributed by atoms with Crippen molar-refractivity contribution in [3.05, 3.63) is 18.6 Å². The highest BCUT2D eigenvalue weighted by Crippen LogP contribution is 2.15. The van der Waals surface area contributed by atoms with Crippen LogP contribution in [-0.4, -0.2) is 22.0 Å². The molecular weight excluding hydrogens is 176 g/mol. The van der Waals surface area contributed by atoms with Gasteiger partial charge in [-0.05, 0) is 6.07 Å². The predicted molar refractivity (Wildman–Crippen MR) is 59.4 cm³/mol. The van der Waals surface area contributed by atoms with Crippen molar-refractivity contribution in [3.8, 4) is 0 Å². The molecule has 0 bridgehead atoms. The van der Waals surface area contributed by atoms with E-state index in [-0.39, 0.29) is 0 Å². The van der Waals surface area contributed by atoms with Crippen LogP contribution in [0, 0.1) is 0 Å². The fourth-order valence-corrected chi connectivity index (χ4v) is 1.07. The summed E-state index contributed by atoms with van der Waals surface area (Å²) in [6.07, 6.45) is 4.63. The number of hydrogen-bond acceptors (Lipinski definition) is 3. The van der Waals surface area contributed by atoms with E-state index in [2.05, 4.69) is 34.1 Å². The molecule has 2 heterocycles. The van der Waals surface area contributed by atoms with Crippen LogP contribution in [0.3, 0.4) is 0 Å². The van der Waals surface area contributed by atoms with Crippen LogP contribution >= 0.6 is 0 Å². The molecule has 0 aliphatic carbocycles. The van der Waals surface area contributed by atoms with E-state index < -0.39 is 0 Å². The molecule has 2 aromatic rings. The van der Waals surface area contributed by atoms with Gasteiger partial charge in [-0.2, -0.15) is 0 Å². The van der Waals surface area contributed by atoms with Crippen LogP contribution in [0.15, 0.2) is 18.6 Å². The molecule has 14 heavy (non-hydrogen) atoms. The maximum absolute atomic E-state index is 4.06. The van der Waals surface area contributed by atoms with Crippen LogP contribution in [0.2, 0.25) is 0 Å². The Bertz CT molecular complexity index is 380. The van der Waals surface area contributed by atoms with Crippen LogP contribution < -0.4 is 5.32 Å². The zero-order chi connectivity index (χ0) is 10.4. The number of hydrogen-bond donors (Lipinski definition) is 2. The Labute approximate surface area is 83.8 Å². The smallest absolute Gasteiger partial charge is 0.142 e. The number of fused-ring (bicyclic) bond motifs is 1. The van der Waals surface area contributed by atoms with E-state index in [4.69, 9.17) is 0 Å². The fourth-order valence-electron chi connectivity index (χ4n) is 1.07. The molecule has 2 aromatic heterocycles. The lowest BCUT2D eigenvalue weighted by molar-refractivity contribution is 1.09. The normalized spacial score (nSPS) is 9.36. The molecule has 0 atom stereocenters. The Morgan fingerprint density at radius 1 is 1.36 bits per heavy atom. The number of anilines is 1. The second kappa shape index (κ2) is 5.21. The van der Waals surface area contributed by atoms with Gasteiger partial charge in [-0.25, -0.2) is 9.97 Å². The van der Waals surface area contributed by atoms with Gasteiger partial charge in [0.15, 0.2) is 0 Å². The summed E-state index contributed by atoms with van der Waals surface area (Å²) in [4.78, 5) is 11.1. The molecule has 0 aromatic carbocycles. The minimum Gasteiger partial charge on any atom is -0.372 e. The van der Waals surface area contributed by atoms with E-state index in [9.17, 15) is 0 Å². The first-order chi connectivity index (χ1) is 6.83. The maximum Gasteiger partial charge on any atom is 0.142 e. The number of nitrogens with one attached hydrogen (secondary N) is 2. The van der Waals surface area contributed by atoms with Crippen LogP contribution in [0.25, 0.3) is 11.0 Å². The summed E-state index contributed by atoms with van der Waals surface area (Å²) < 4.78 is 0. The Hall–Kier alpha value is -1.58. The number of rotatable bonds is 1. The summed E-state index contributed by atoms with van der Waals surface area (Å²) in [5.74, 6) is 0.858. The van der Waals surface area contributed by atoms with Gasteiger partial charge in [0.05, 0.1) is 5.39 Å². The molecule has 76 valence electrons. The van der Waals surface area contributed by atoms with E-state index in [1.54, 1.807) is 0 Å². The van der Waals surface area contributed by atoms with Crippen molar-refractivity contribution < 1.29 is 0 Å². The highest BCUT2D eigenvalue weighted by molar-refractivity contribution is 5.86. The van der Waals surface area contributed by atoms with Gasteiger partial charge in [-0.3, -0.25) is 0 Å². The Morgan fingerprint density at radius 2 is 2.07 bits per heavy atom. The average molecular weight is 192 g/mol. The van der Waals surface area contributed by atoms with E-state index in [0.29, 0.717) is 0 Å². The fraction of sp³-hybridized carbons (Fsp3) is 0.400. The monoisotopic (exact) mass is 192 g/mol. The van der Waals surface area contributed by atoms with Gasteiger partial charge in [-0.15, -0.1) is 0 Å². The summed E-state index contributed by atoms with van der Waals surface area (Å²) in [7, 11) is 1.84. The van der Waals surface area contributed by atoms with Gasteiger partial charge in [-0.1, -0.05) is 20.3 Å². The Morgan fingerprint density at radius 3 is 2.71 bits per heavy atom. The molecule has 0 radical (unpaired) electrons. The lowest BCUT2D eigenvalue weighted by atomic mass is 10.4. The third kappa shape index (κ3) is 2.22. The summed E-state index contributed by atoms with van der Waals surface area (Å²) in [5.41, 5.74) is 0.865. The van der Waals surface area contributed by atoms with Crippen LogP contribution in [0.1, 0.15) is 20.3 Å². The van der Waals surface area contributed by atoms with Crippen molar-refractivity contribution >= 4 is 16.9 Å². The molecule has 0 fully saturated rings. The van der Waals surface area contributed by atoms with Crippen LogP contribution in [0.4, 0.5) is 5.82 Å². The van der Waals surface area contributed by atoms with Gasteiger partial charge < -0.3 is 10.3 Å². The molecule has 0 amide bonds. The van der Waals surface area contributed by atoms with Crippen molar-refractivity contribution in [1.29, 1.82) is 0 Å². The quantitative estimate of drug-likeness (QED) is 0.729. The standard InChI is InChI=1S/C7H8N4.C3H8/c1-8-6-5-2-3-9-7(5)11-4-10-6;1-3-2/h2-4H,1H3,(H2,8,9,10,11);3H2,1-2H3. The predicted octanol–water partition coefficient (Wildman–Crippen LogP) is 2.42. The zero-order valence-corrected chi connectivity index (χ0v) is 8.83. The lowest BCUT2D eigenvalue weighted by Crippen LogP contribution is -1.92. The van der Waals surface area contributed by atoms with Gasteiger partial charge in [0.2, 0.25) is 0 Å². The summed E-state index contributed by atoms with van der Waals surface area (Å²) in [6.45, 7) is 4.25. The highest BCUT2D eigenvalue weighted by atomic mass is 15.0. The van der Waals surface area contributed by atoms with Gasteiger partial charge >= 0.3 is 0 Å². The van der Waals surface area contributed by atoms with Crippen LogP contribution in [0.5, 0.6) is 0 Å². The molecule has 0 saturated carbocycles. The molecule has 2 rings (SSSR count). The molecule has 0 aliphatic heterocycles. The van der Waals surface area contributed by atoms with Crippen molar-refractivity contribution in [3.63, 3.8) is 0 Å². The van der Waals surface area contributed by atoms with E-state index >= 15 is 0 Å². The first-order valence-electron chi connectivity index (χ1n) is 4.79. The van der Waals surface area contributed by atoms with E-state index in [1.807, 2.05) is 19.3 Å². The van der Waals surface area contributed by atoms with Gasteiger partial charge in [0.25, 0.3) is 0 Å². The molecule has 4 nitrogen and oxygen atoms in total. The van der Waals surface area contributed by atoms with Gasteiger partial charge in [0.1, 0.15) is 17.8 Å². The largest absolute Gasteiger partial charge is 0.372 e. The molecular formula is C10H16N4. The van der Waals surface area contributed by atoms with Crippen molar-refractivity contribution in [2.45, 2.75) is 20.3 Å². The average Bonchev–Trinajstić information content (AvgIpc) is 2.66. The van der Waals surface area contributed by atoms with Crippen molar-refractivity contribution in [2.75, 3.05) is 12.4 Å². The van der Waals surface area contributed by atoms with Crippen LogP contribution in [-0.2, 0) is 0 Å².